The minimum absolute atomic E-state index is 0.0667. The van der Waals surface area contributed by atoms with Gasteiger partial charge in [-0.3, -0.25) is 4.79 Å². The molecule has 0 spiro atoms. The van der Waals surface area contributed by atoms with Crippen molar-refractivity contribution in [2.24, 2.45) is 0 Å². The summed E-state index contributed by atoms with van der Waals surface area (Å²) < 4.78 is 6.30. The van der Waals surface area contributed by atoms with Gasteiger partial charge in [0.05, 0.1) is 4.88 Å². The van der Waals surface area contributed by atoms with Crippen LogP contribution in [0, 0.1) is 0 Å². The van der Waals surface area contributed by atoms with Crippen LogP contribution in [0.4, 0.5) is 0 Å². The summed E-state index contributed by atoms with van der Waals surface area (Å²) in [5, 5.41) is 8.80. The van der Waals surface area contributed by atoms with Gasteiger partial charge in [0.25, 0.3) is 5.91 Å². The fraction of sp³-hybridized carbons (Fsp3) is 0.250. The summed E-state index contributed by atoms with van der Waals surface area (Å²) in [7, 11) is 1.65. The second-order valence-corrected chi connectivity index (χ2v) is 6.23. The number of carbonyl (C=O) groups excluding carboxylic acids is 1. The lowest BCUT2D eigenvalue weighted by molar-refractivity contribution is 0.0832. The minimum atomic E-state index is -0.0939. The Hall–Kier alpha value is -0.690. The summed E-state index contributed by atoms with van der Waals surface area (Å²) in [6, 6.07) is 3.82. The highest BCUT2D eigenvalue weighted by Gasteiger charge is 2.14. The third kappa shape index (κ3) is 3.41. The molecule has 6 heteroatoms. The fourth-order valence-electron chi connectivity index (χ4n) is 1.50. The van der Waals surface area contributed by atoms with Crippen LogP contribution in [0.1, 0.15) is 21.3 Å². The van der Waals surface area contributed by atoms with E-state index in [1.807, 2.05) is 28.3 Å². The fourth-order valence-corrected chi connectivity index (χ4v) is 3.54. The van der Waals surface area contributed by atoms with Crippen molar-refractivity contribution in [2.75, 3.05) is 13.7 Å². The smallest absolute Gasteiger partial charge is 0.261 e. The van der Waals surface area contributed by atoms with Gasteiger partial charge in [0, 0.05) is 23.5 Å². The lowest BCUT2D eigenvalue weighted by atomic mass is 10.2. The standard InChI is InChI=1S/C12H12BrNO2S2/c1-16-10(8-2-3-17-6-8)5-14-12(15)11-4-9(13)7-18-11/h2-4,6-7,10H,5H2,1H3,(H,14,15)/t10-/m0/s1. The number of thiophene rings is 2. The molecule has 1 N–H and O–H groups in total. The van der Waals surface area contributed by atoms with Gasteiger partial charge in [0.2, 0.25) is 0 Å². The SMILES string of the molecule is CO[C@@H](CNC(=O)c1cc(Br)cs1)c1ccsc1. The number of rotatable bonds is 5. The number of amides is 1. The molecule has 0 aliphatic heterocycles. The Balaban J connectivity index is 1.92. The first kappa shape index (κ1) is 13.7. The van der Waals surface area contributed by atoms with Gasteiger partial charge >= 0.3 is 0 Å². The second kappa shape index (κ2) is 6.47. The normalized spacial score (nSPS) is 12.3. The minimum Gasteiger partial charge on any atom is -0.375 e. The summed E-state index contributed by atoms with van der Waals surface area (Å²) in [6.45, 7) is 0.474. The number of hydrogen-bond donors (Lipinski definition) is 1. The van der Waals surface area contributed by atoms with Crippen LogP contribution in [0.3, 0.4) is 0 Å². The van der Waals surface area contributed by atoms with E-state index in [0.717, 1.165) is 10.0 Å². The molecule has 0 saturated carbocycles. The van der Waals surface area contributed by atoms with Crippen molar-refractivity contribution < 1.29 is 9.53 Å². The van der Waals surface area contributed by atoms with E-state index in [-0.39, 0.29) is 12.0 Å². The summed E-state index contributed by atoms with van der Waals surface area (Å²) in [5.41, 5.74) is 1.09. The Kier molecular flexibility index (Phi) is 4.94. The molecule has 3 nitrogen and oxygen atoms in total. The molecule has 96 valence electrons. The van der Waals surface area contributed by atoms with Crippen molar-refractivity contribution in [1.29, 1.82) is 0 Å². The number of ether oxygens (including phenoxy) is 1. The first-order valence-corrected chi connectivity index (χ1v) is 7.89. The molecule has 2 heterocycles. The number of methoxy groups -OCH3 is 1. The molecule has 0 saturated heterocycles. The molecule has 0 unspecified atom stereocenters. The van der Waals surface area contributed by atoms with Crippen molar-refractivity contribution in [1.82, 2.24) is 5.32 Å². The molecule has 0 aliphatic rings. The average molecular weight is 346 g/mol. The first-order valence-electron chi connectivity index (χ1n) is 5.28. The van der Waals surface area contributed by atoms with Crippen molar-refractivity contribution in [3.63, 3.8) is 0 Å². The quantitative estimate of drug-likeness (QED) is 0.897. The van der Waals surface area contributed by atoms with Gasteiger partial charge in [0.15, 0.2) is 0 Å². The Labute approximate surface area is 122 Å². The topological polar surface area (TPSA) is 38.3 Å². The third-order valence-electron chi connectivity index (χ3n) is 2.44. The van der Waals surface area contributed by atoms with Crippen LogP contribution in [0.5, 0.6) is 0 Å². The van der Waals surface area contributed by atoms with Crippen LogP contribution in [0.15, 0.2) is 32.7 Å². The molecule has 0 bridgehead atoms. The van der Waals surface area contributed by atoms with Crippen LogP contribution in [0.2, 0.25) is 0 Å². The summed E-state index contributed by atoms with van der Waals surface area (Å²) in [5.74, 6) is -0.0667. The monoisotopic (exact) mass is 345 g/mol. The van der Waals surface area contributed by atoms with E-state index in [9.17, 15) is 4.79 Å². The molecule has 0 fully saturated rings. The van der Waals surface area contributed by atoms with E-state index < -0.39 is 0 Å². The van der Waals surface area contributed by atoms with E-state index >= 15 is 0 Å². The average Bonchev–Trinajstić information content (AvgIpc) is 3.01. The highest BCUT2D eigenvalue weighted by molar-refractivity contribution is 9.10. The summed E-state index contributed by atoms with van der Waals surface area (Å²) in [4.78, 5) is 12.6. The zero-order chi connectivity index (χ0) is 13.0. The van der Waals surface area contributed by atoms with Crippen LogP contribution >= 0.6 is 38.6 Å². The van der Waals surface area contributed by atoms with Gasteiger partial charge in [-0.2, -0.15) is 11.3 Å². The molecule has 1 amide bonds. The van der Waals surface area contributed by atoms with Gasteiger partial charge < -0.3 is 10.1 Å². The maximum Gasteiger partial charge on any atom is 0.261 e. The molecule has 2 aromatic rings. The van der Waals surface area contributed by atoms with Crippen molar-refractivity contribution in [3.05, 3.63) is 43.2 Å². The molecule has 0 aliphatic carbocycles. The molecule has 0 aromatic carbocycles. The predicted molar refractivity (Wildman–Crippen MR) is 78.4 cm³/mol. The molecule has 0 radical (unpaired) electrons. The molecule has 18 heavy (non-hydrogen) atoms. The van der Waals surface area contributed by atoms with Crippen molar-refractivity contribution in [3.8, 4) is 0 Å². The molecule has 2 rings (SSSR count). The molecular weight excluding hydrogens is 334 g/mol. The first-order chi connectivity index (χ1) is 8.70. The maximum atomic E-state index is 11.9. The number of halogens is 1. The highest BCUT2D eigenvalue weighted by atomic mass is 79.9. The van der Waals surface area contributed by atoms with Gasteiger partial charge in [-0.25, -0.2) is 0 Å². The van der Waals surface area contributed by atoms with E-state index in [2.05, 4.69) is 21.2 Å². The summed E-state index contributed by atoms with van der Waals surface area (Å²) in [6.07, 6.45) is -0.0939. The molecular formula is C12H12BrNO2S2. The van der Waals surface area contributed by atoms with Gasteiger partial charge in [-0.1, -0.05) is 0 Å². The summed E-state index contributed by atoms with van der Waals surface area (Å²) >= 11 is 6.37. The Morgan fingerprint density at radius 2 is 2.39 bits per heavy atom. The largest absolute Gasteiger partial charge is 0.375 e. The number of nitrogens with one attached hydrogen (secondary N) is 1. The van der Waals surface area contributed by atoms with E-state index in [4.69, 9.17) is 4.74 Å². The second-order valence-electron chi connectivity index (χ2n) is 3.62. The number of hydrogen-bond acceptors (Lipinski definition) is 4. The van der Waals surface area contributed by atoms with E-state index in [0.29, 0.717) is 11.4 Å². The van der Waals surface area contributed by atoms with Crippen LogP contribution < -0.4 is 5.32 Å². The molecule has 2 aromatic heterocycles. The van der Waals surface area contributed by atoms with E-state index in [1.165, 1.54) is 11.3 Å². The predicted octanol–water partition coefficient (Wildman–Crippen LogP) is 3.69. The van der Waals surface area contributed by atoms with Gasteiger partial charge in [-0.15, -0.1) is 11.3 Å². The Morgan fingerprint density at radius 1 is 1.56 bits per heavy atom. The lowest BCUT2D eigenvalue weighted by Gasteiger charge is -2.14. The van der Waals surface area contributed by atoms with Crippen LogP contribution in [-0.4, -0.2) is 19.6 Å². The lowest BCUT2D eigenvalue weighted by Crippen LogP contribution is -2.28. The van der Waals surface area contributed by atoms with Crippen molar-refractivity contribution in [2.45, 2.75) is 6.10 Å². The number of carbonyl (C=O) groups is 1. The Bertz CT molecular complexity index is 510. The van der Waals surface area contributed by atoms with Gasteiger partial charge in [-0.05, 0) is 44.4 Å². The maximum absolute atomic E-state index is 11.9. The highest BCUT2D eigenvalue weighted by Crippen LogP contribution is 2.21. The zero-order valence-electron chi connectivity index (χ0n) is 9.68. The third-order valence-corrected chi connectivity index (χ3v) is 4.83. The Morgan fingerprint density at radius 3 is 2.94 bits per heavy atom. The zero-order valence-corrected chi connectivity index (χ0v) is 12.9. The van der Waals surface area contributed by atoms with Crippen molar-refractivity contribution >= 4 is 44.5 Å². The van der Waals surface area contributed by atoms with Crippen LogP contribution in [0.25, 0.3) is 0 Å². The van der Waals surface area contributed by atoms with E-state index in [1.54, 1.807) is 18.4 Å². The molecule has 1 atom stereocenters. The van der Waals surface area contributed by atoms with Crippen LogP contribution in [-0.2, 0) is 4.74 Å². The van der Waals surface area contributed by atoms with Gasteiger partial charge in [0.1, 0.15) is 6.10 Å².